The molecule has 0 saturated heterocycles. The van der Waals surface area contributed by atoms with Gasteiger partial charge in [-0.3, -0.25) is 4.68 Å². The van der Waals surface area contributed by atoms with Crippen molar-refractivity contribution >= 4 is 11.7 Å². The van der Waals surface area contributed by atoms with Gasteiger partial charge in [0, 0.05) is 13.1 Å². The minimum atomic E-state index is -1.00. The Labute approximate surface area is 106 Å². The van der Waals surface area contributed by atoms with Gasteiger partial charge in [-0.1, -0.05) is 0 Å². The summed E-state index contributed by atoms with van der Waals surface area (Å²) in [6.07, 6.45) is 1.28. The molecule has 0 saturated carbocycles. The molecule has 0 bridgehead atoms. The molecule has 0 spiro atoms. The lowest BCUT2D eigenvalue weighted by Crippen LogP contribution is -2.11. The molecular weight excluding hydrogens is 258 g/mol. The number of esters is 1. The number of benzene rings is 1. The van der Waals surface area contributed by atoms with Gasteiger partial charge in [0.25, 0.3) is 0 Å². The number of nitrogens with zero attached hydrogens (tertiary/aromatic N) is 3. The molecule has 1 aromatic heterocycles. The van der Waals surface area contributed by atoms with E-state index in [1.165, 1.54) is 11.0 Å². The van der Waals surface area contributed by atoms with Crippen molar-refractivity contribution in [2.75, 3.05) is 5.73 Å². The zero-order valence-electron chi connectivity index (χ0n) is 9.93. The quantitative estimate of drug-likeness (QED) is 0.664. The van der Waals surface area contributed by atoms with E-state index in [9.17, 15) is 13.6 Å². The van der Waals surface area contributed by atoms with Gasteiger partial charge in [0.2, 0.25) is 0 Å². The number of hydrogen-bond donors (Lipinski definition) is 1. The van der Waals surface area contributed by atoms with Gasteiger partial charge in [-0.25, -0.2) is 18.6 Å². The number of carbonyl (C=O) groups is 1. The Hall–Kier alpha value is -2.51. The number of nitrogens with two attached hydrogens (primary N) is 1. The van der Waals surface area contributed by atoms with E-state index < -0.39 is 23.2 Å². The molecule has 0 fully saturated rings. The zero-order valence-corrected chi connectivity index (χ0v) is 9.93. The number of anilines is 1. The lowest BCUT2D eigenvalue weighted by atomic mass is 10.2. The van der Waals surface area contributed by atoms with Gasteiger partial charge in [-0.15, -0.1) is 0 Å². The predicted octanol–water partition coefficient (Wildman–Crippen LogP) is 1.03. The third kappa shape index (κ3) is 2.67. The highest BCUT2D eigenvalue weighted by Crippen LogP contribution is 2.17. The highest BCUT2D eigenvalue weighted by Gasteiger charge is 2.17. The van der Waals surface area contributed by atoms with Crippen LogP contribution in [-0.4, -0.2) is 20.7 Å². The molecule has 0 atom stereocenters. The molecule has 8 heteroatoms. The van der Waals surface area contributed by atoms with E-state index in [-0.39, 0.29) is 12.3 Å². The third-order valence-electron chi connectivity index (χ3n) is 2.44. The molecule has 2 aromatic rings. The van der Waals surface area contributed by atoms with Gasteiger partial charge < -0.3 is 10.5 Å². The molecule has 0 aliphatic carbocycles. The number of halogens is 2. The standard InChI is InChI=1S/C11H10F2N4O2/c1-17-10(15-5-16-17)4-19-11(18)6-2-8(13)9(14)3-7(6)12/h2-3,5H,4,14H2,1H3. The first-order valence-corrected chi connectivity index (χ1v) is 5.23. The highest BCUT2D eigenvalue weighted by molar-refractivity contribution is 5.90. The maximum Gasteiger partial charge on any atom is 0.341 e. The van der Waals surface area contributed by atoms with Gasteiger partial charge >= 0.3 is 5.97 Å². The molecule has 1 heterocycles. The minimum Gasteiger partial charge on any atom is -0.454 e. The van der Waals surface area contributed by atoms with Crippen LogP contribution in [0.15, 0.2) is 18.5 Å². The Morgan fingerprint density at radius 1 is 1.42 bits per heavy atom. The first-order valence-electron chi connectivity index (χ1n) is 5.23. The number of aryl methyl sites for hydroxylation is 1. The predicted molar refractivity (Wildman–Crippen MR) is 60.9 cm³/mol. The van der Waals surface area contributed by atoms with Crippen LogP contribution in [0.1, 0.15) is 16.2 Å². The van der Waals surface area contributed by atoms with Crippen molar-refractivity contribution in [2.24, 2.45) is 7.05 Å². The van der Waals surface area contributed by atoms with Crippen LogP contribution in [0.4, 0.5) is 14.5 Å². The largest absolute Gasteiger partial charge is 0.454 e. The topological polar surface area (TPSA) is 83.0 Å². The van der Waals surface area contributed by atoms with E-state index >= 15 is 0 Å². The van der Waals surface area contributed by atoms with E-state index in [4.69, 9.17) is 10.5 Å². The average molecular weight is 268 g/mol. The highest BCUT2D eigenvalue weighted by atomic mass is 19.1. The molecule has 0 aliphatic heterocycles. The molecule has 6 nitrogen and oxygen atoms in total. The van der Waals surface area contributed by atoms with Crippen LogP contribution in [-0.2, 0) is 18.4 Å². The second-order valence-corrected chi connectivity index (χ2v) is 3.73. The maximum atomic E-state index is 13.4. The molecule has 2 N–H and O–H groups in total. The number of rotatable bonds is 3. The summed E-state index contributed by atoms with van der Waals surface area (Å²) in [6.45, 7) is -0.194. The monoisotopic (exact) mass is 268 g/mol. The summed E-state index contributed by atoms with van der Waals surface area (Å²) in [6, 6.07) is 1.43. The SMILES string of the molecule is Cn1ncnc1COC(=O)c1cc(F)c(N)cc1F. The van der Waals surface area contributed by atoms with Crippen molar-refractivity contribution in [3.8, 4) is 0 Å². The van der Waals surface area contributed by atoms with Gasteiger partial charge in [-0.2, -0.15) is 5.10 Å². The van der Waals surface area contributed by atoms with E-state index in [1.807, 2.05) is 0 Å². The average Bonchev–Trinajstić information content (AvgIpc) is 2.76. The van der Waals surface area contributed by atoms with E-state index in [0.717, 1.165) is 6.07 Å². The van der Waals surface area contributed by atoms with Crippen molar-refractivity contribution in [1.82, 2.24) is 14.8 Å². The fraction of sp³-hybridized carbons (Fsp3) is 0.182. The molecule has 1 aromatic carbocycles. The summed E-state index contributed by atoms with van der Waals surface area (Å²) in [5, 5.41) is 3.77. The van der Waals surface area contributed by atoms with Crippen LogP contribution in [0.2, 0.25) is 0 Å². The fourth-order valence-corrected chi connectivity index (χ4v) is 1.38. The van der Waals surface area contributed by atoms with Gasteiger partial charge in [0.05, 0.1) is 11.3 Å². The molecule has 0 radical (unpaired) electrons. The number of aromatic nitrogens is 3. The molecule has 0 unspecified atom stereocenters. The Morgan fingerprint density at radius 3 is 2.79 bits per heavy atom. The zero-order chi connectivity index (χ0) is 14.0. The van der Waals surface area contributed by atoms with Crippen LogP contribution in [0.5, 0.6) is 0 Å². The first-order chi connectivity index (χ1) is 8.99. The number of nitrogen functional groups attached to an aromatic ring is 1. The Bertz CT molecular complexity index is 627. The normalized spacial score (nSPS) is 10.5. The number of ether oxygens (including phenoxy) is 1. The van der Waals surface area contributed by atoms with Crippen LogP contribution in [0.25, 0.3) is 0 Å². The lowest BCUT2D eigenvalue weighted by molar-refractivity contribution is 0.0452. The van der Waals surface area contributed by atoms with Gasteiger partial charge in [0.15, 0.2) is 12.4 Å². The molecular formula is C11H10F2N4O2. The molecule has 0 amide bonds. The van der Waals surface area contributed by atoms with Crippen LogP contribution >= 0.6 is 0 Å². The van der Waals surface area contributed by atoms with Crippen molar-refractivity contribution < 1.29 is 18.3 Å². The summed E-state index contributed by atoms with van der Waals surface area (Å²) in [4.78, 5) is 15.4. The van der Waals surface area contributed by atoms with Crippen molar-refractivity contribution in [2.45, 2.75) is 6.61 Å². The van der Waals surface area contributed by atoms with E-state index in [2.05, 4.69) is 10.1 Å². The third-order valence-corrected chi connectivity index (χ3v) is 2.44. The molecule has 19 heavy (non-hydrogen) atoms. The summed E-state index contributed by atoms with van der Waals surface area (Å²) in [7, 11) is 1.61. The Morgan fingerprint density at radius 2 is 2.16 bits per heavy atom. The summed E-state index contributed by atoms with van der Waals surface area (Å²) in [5.74, 6) is -2.45. The van der Waals surface area contributed by atoms with Crippen molar-refractivity contribution in [1.29, 1.82) is 0 Å². The molecule has 0 aliphatic rings. The molecule has 2 rings (SSSR count). The Balaban J connectivity index is 2.12. The van der Waals surface area contributed by atoms with Crippen LogP contribution < -0.4 is 5.73 Å². The smallest absolute Gasteiger partial charge is 0.341 e. The lowest BCUT2D eigenvalue weighted by Gasteiger charge is -2.06. The van der Waals surface area contributed by atoms with Crippen LogP contribution in [0.3, 0.4) is 0 Å². The van der Waals surface area contributed by atoms with Crippen molar-refractivity contribution in [3.05, 3.63) is 41.5 Å². The first kappa shape index (κ1) is 12.9. The second-order valence-electron chi connectivity index (χ2n) is 3.73. The summed E-state index contributed by atoms with van der Waals surface area (Å²) < 4.78 is 32.8. The minimum absolute atomic E-state index is 0.194. The van der Waals surface area contributed by atoms with Crippen molar-refractivity contribution in [3.63, 3.8) is 0 Å². The van der Waals surface area contributed by atoms with Gasteiger partial charge in [-0.05, 0) is 6.07 Å². The number of hydrogen-bond acceptors (Lipinski definition) is 5. The van der Waals surface area contributed by atoms with Crippen LogP contribution in [0, 0.1) is 11.6 Å². The second kappa shape index (κ2) is 5.01. The summed E-state index contributed by atoms with van der Waals surface area (Å²) >= 11 is 0. The summed E-state index contributed by atoms with van der Waals surface area (Å²) in [5.41, 5.74) is 4.28. The van der Waals surface area contributed by atoms with E-state index in [1.54, 1.807) is 7.05 Å². The van der Waals surface area contributed by atoms with Gasteiger partial charge in [0.1, 0.15) is 18.0 Å². The maximum absolute atomic E-state index is 13.4. The fourth-order valence-electron chi connectivity index (χ4n) is 1.38. The Kier molecular flexibility index (Phi) is 3.41. The van der Waals surface area contributed by atoms with E-state index in [0.29, 0.717) is 11.9 Å². The number of carbonyl (C=O) groups excluding carboxylic acids is 1. The molecule has 100 valence electrons.